The van der Waals surface area contributed by atoms with Crippen LogP contribution in [0, 0.1) is 0 Å². The van der Waals surface area contributed by atoms with Gasteiger partial charge < -0.3 is 9.63 Å². The van der Waals surface area contributed by atoms with Crippen LogP contribution < -0.4 is 0 Å². The van der Waals surface area contributed by atoms with Crippen molar-refractivity contribution in [3.8, 4) is 0 Å². The van der Waals surface area contributed by atoms with Crippen LogP contribution >= 0.6 is 11.8 Å². The molecule has 0 fully saturated rings. The predicted octanol–water partition coefficient (Wildman–Crippen LogP) is 7.66. The van der Waals surface area contributed by atoms with Crippen molar-refractivity contribution < 1.29 is 19.2 Å². The molecule has 0 bridgehead atoms. The van der Waals surface area contributed by atoms with Gasteiger partial charge in [-0.2, -0.15) is 0 Å². The molecule has 190 valence electrons. The van der Waals surface area contributed by atoms with Gasteiger partial charge in [0.2, 0.25) is 5.78 Å². The lowest BCUT2D eigenvalue weighted by Crippen LogP contribution is -2.15. The third kappa shape index (κ3) is 9.42. The molecule has 0 heterocycles. The molecule has 3 rings (SSSR count). The van der Waals surface area contributed by atoms with Crippen LogP contribution in [0.3, 0.4) is 0 Å². The van der Waals surface area contributed by atoms with Crippen LogP contribution in [0.25, 0.3) is 0 Å². The first-order chi connectivity index (χ1) is 17.5. The molecule has 36 heavy (non-hydrogen) atoms. The van der Waals surface area contributed by atoms with Gasteiger partial charge in [0, 0.05) is 26.5 Å². The van der Waals surface area contributed by atoms with Crippen LogP contribution in [0.4, 0.5) is 0 Å². The Morgan fingerprint density at radius 1 is 0.944 bits per heavy atom. The van der Waals surface area contributed by atoms with Crippen molar-refractivity contribution in [1.29, 1.82) is 0 Å². The van der Waals surface area contributed by atoms with Gasteiger partial charge in [-0.3, -0.25) is 9.59 Å². The first-order valence-electron chi connectivity index (χ1n) is 12.4. The molecular formula is C30H35NO4S. The Morgan fingerprint density at radius 3 is 2.08 bits per heavy atom. The Labute approximate surface area is 218 Å². The zero-order valence-corrected chi connectivity index (χ0v) is 22.2. The van der Waals surface area contributed by atoms with Crippen LogP contribution in [-0.4, -0.2) is 30.7 Å². The second kappa shape index (κ2) is 16.4. The number of aldehydes is 1. The van der Waals surface area contributed by atoms with E-state index in [4.69, 9.17) is 9.63 Å². The Morgan fingerprint density at radius 2 is 1.56 bits per heavy atom. The van der Waals surface area contributed by atoms with Gasteiger partial charge in [-0.25, -0.2) is 0 Å². The molecule has 0 spiro atoms. The van der Waals surface area contributed by atoms with Crippen LogP contribution in [0.1, 0.15) is 79.5 Å². The number of carbonyl (C=O) groups is 3. The number of ketones is 2. The van der Waals surface area contributed by atoms with Crippen LogP contribution in [0.15, 0.2) is 87.3 Å². The summed E-state index contributed by atoms with van der Waals surface area (Å²) in [6.45, 7) is 3.61. The summed E-state index contributed by atoms with van der Waals surface area (Å²) in [6.07, 6.45) is 13.6. The summed E-state index contributed by atoms with van der Waals surface area (Å²) in [5, 5.41) is 3.97. The second-order valence-corrected chi connectivity index (χ2v) is 9.36. The summed E-state index contributed by atoms with van der Waals surface area (Å²) in [5.74, 6) is -0.0209. The molecule has 2 aromatic rings. The number of carbonyl (C=O) groups excluding carboxylic acids is 3. The van der Waals surface area contributed by atoms with Gasteiger partial charge in [0.15, 0.2) is 5.78 Å². The molecule has 0 unspecified atom stereocenters. The van der Waals surface area contributed by atoms with Gasteiger partial charge in [0.1, 0.15) is 19.1 Å². The maximum atomic E-state index is 12.8. The van der Waals surface area contributed by atoms with Crippen LogP contribution in [0.2, 0.25) is 0 Å². The van der Waals surface area contributed by atoms with Crippen molar-refractivity contribution in [2.24, 2.45) is 5.16 Å². The first-order valence-corrected chi connectivity index (χ1v) is 13.2. The molecule has 0 saturated carbocycles. The SMILES string of the molecule is CC=O.CCCCCC/C(=N/OC)C(=O)c1ccc(Sc2ccc(C(=O)C3=CCCC=C3)cc2)cc1. The minimum absolute atomic E-state index is 0.0635. The smallest absolute Gasteiger partial charge is 0.210 e. The minimum Gasteiger partial charge on any atom is -0.399 e. The highest BCUT2D eigenvalue weighted by Gasteiger charge is 2.15. The number of allylic oxidation sites excluding steroid dienone is 4. The van der Waals surface area contributed by atoms with Gasteiger partial charge >= 0.3 is 0 Å². The van der Waals surface area contributed by atoms with E-state index in [0.29, 0.717) is 23.3 Å². The number of hydrogen-bond donors (Lipinski definition) is 0. The zero-order chi connectivity index (χ0) is 26.2. The first kappa shape index (κ1) is 29.0. The van der Waals surface area contributed by atoms with Crippen molar-refractivity contribution in [2.45, 2.75) is 68.6 Å². The van der Waals surface area contributed by atoms with E-state index >= 15 is 0 Å². The summed E-state index contributed by atoms with van der Waals surface area (Å²) in [6, 6.07) is 15.2. The molecule has 0 N–H and O–H groups in total. The number of oxime groups is 1. The van der Waals surface area contributed by atoms with E-state index in [9.17, 15) is 9.59 Å². The maximum absolute atomic E-state index is 12.8. The molecule has 0 aliphatic heterocycles. The normalized spacial score (nSPS) is 12.8. The van der Waals surface area contributed by atoms with Crippen molar-refractivity contribution in [3.63, 3.8) is 0 Å². The molecule has 5 nitrogen and oxygen atoms in total. The van der Waals surface area contributed by atoms with Crippen LogP contribution in [0.5, 0.6) is 0 Å². The molecule has 1 aliphatic rings. The molecule has 6 heteroatoms. The van der Waals surface area contributed by atoms with Gasteiger partial charge in [0.05, 0.1) is 0 Å². The molecule has 0 saturated heterocycles. The van der Waals surface area contributed by atoms with Crippen LogP contribution in [-0.2, 0) is 9.63 Å². The molecule has 0 amide bonds. The monoisotopic (exact) mass is 505 g/mol. The fourth-order valence-corrected chi connectivity index (χ4v) is 4.45. The molecule has 2 aromatic carbocycles. The largest absolute Gasteiger partial charge is 0.399 e. The molecule has 0 atom stereocenters. The number of Topliss-reactive ketones (excluding diaryl/α,β-unsaturated/α-hetero) is 2. The number of benzene rings is 2. The van der Waals surface area contributed by atoms with E-state index in [-0.39, 0.29) is 11.6 Å². The van der Waals surface area contributed by atoms with E-state index in [1.54, 1.807) is 11.8 Å². The lowest BCUT2D eigenvalue weighted by atomic mass is 9.98. The number of rotatable bonds is 12. The highest BCUT2D eigenvalue weighted by Crippen LogP contribution is 2.29. The Kier molecular flexibility index (Phi) is 13.2. The summed E-state index contributed by atoms with van der Waals surface area (Å²) < 4.78 is 0. The standard InChI is InChI=1S/C28H31NO3S.C2H4O/c1-3-4-5-9-12-26(29-32-2)28(31)23-15-19-25(20-16-23)33-24-17-13-22(14-18-24)27(30)21-10-7-6-8-11-21;1-2-3/h7,10-11,13-20H,3-6,8-9,12H2,1-2H3;2H,1H3/b29-26-;. The number of nitrogens with zero attached hydrogens (tertiary/aromatic N) is 1. The predicted molar refractivity (Wildman–Crippen MR) is 147 cm³/mol. The fraction of sp³-hybridized carbons (Fsp3) is 0.333. The number of unbranched alkanes of at least 4 members (excludes halogenated alkanes) is 3. The summed E-state index contributed by atoms with van der Waals surface area (Å²) in [7, 11) is 1.47. The highest BCUT2D eigenvalue weighted by atomic mass is 32.2. The summed E-state index contributed by atoms with van der Waals surface area (Å²) in [5.41, 5.74) is 2.54. The van der Waals surface area contributed by atoms with Gasteiger partial charge in [-0.15, -0.1) is 0 Å². The van der Waals surface area contributed by atoms with E-state index in [2.05, 4.69) is 12.1 Å². The minimum atomic E-state index is -0.0844. The highest BCUT2D eigenvalue weighted by molar-refractivity contribution is 7.99. The topological polar surface area (TPSA) is 72.8 Å². The van der Waals surface area contributed by atoms with Gasteiger partial charge in [-0.05, 0) is 81.1 Å². The van der Waals surface area contributed by atoms with Crippen molar-refractivity contribution >= 4 is 35.3 Å². The van der Waals surface area contributed by atoms with E-state index < -0.39 is 0 Å². The van der Waals surface area contributed by atoms with Crippen molar-refractivity contribution in [2.75, 3.05) is 7.11 Å². The quantitative estimate of drug-likeness (QED) is 0.0973. The Balaban J connectivity index is 0.00000145. The molecule has 0 aromatic heterocycles. The lowest BCUT2D eigenvalue weighted by Gasteiger charge is -2.08. The van der Waals surface area contributed by atoms with E-state index in [1.165, 1.54) is 14.0 Å². The van der Waals surface area contributed by atoms with Crippen molar-refractivity contribution in [1.82, 2.24) is 0 Å². The lowest BCUT2D eigenvalue weighted by molar-refractivity contribution is -0.106. The Bertz CT molecular complexity index is 1080. The van der Waals surface area contributed by atoms with Gasteiger partial charge in [-0.1, -0.05) is 61.3 Å². The average molecular weight is 506 g/mol. The zero-order valence-electron chi connectivity index (χ0n) is 21.4. The summed E-state index contributed by atoms with van der Waals surface area (Å²) in [4.78, 5) is 41.2. The molecule has 0 radical (unpaired) electrons. The maximum Gasteiger partial charge on any atom is 0.210 e. The van der Waals surface area contributed by atoms with E-state index in [0.717, 1.165) is 60.2 Å². The number of hydrogen-bond acceptors (Lipinski definition) is 6. The van der Waals surface area contributed by atoms with Crippen molar-refractivity contribution in [3.05, 3.63) is 83.5 Å². The van der Waals surface area contributed by atoms with E-state index in [1.807, 2.05) is 66.8 Å². The molecule has 1 aliphatic carbocycles. The fourth-order valence-electron chi connectivity index (χ4n) is 3.63. The third-order valence-corrected chi connectivity index (χ3v) is 6.47. The third-order valence-electron chi connectivity index (χ3n) is 5.46. The Hall–Kier alpha value is -3.25. The van der Waals surface area contributed by atoms with Gasteiger partial charge in [0.25, 0.3) is 0 Å². The molecular weight excluding hydrogens is 470 g/mol. The average Bonchev–Trinajstić information content (AvgIpc) is 2.91. The summed E-state index contributed by atoms with van der Waals surface area (Å²) >= 11 is 1.60. The second-order valence-electron chi connectivity index (χ2n) is 8.22.